The van der Waals surface area contributed by atoms with E-state index in [1.54, 1.807) is 7.11 Å². The Bertz CT molecular complexity index is 1030. The van der Waals surface area contributed by atoms with Crippen molar-refractivity contribution < 1.29 is 19.0 Å². The summed E-state index contributed by atoms with van der Waals surface area (Å²) < 4.78 is 16.8. The van der Waals surface area contributed by atoms with Gasteiger partial charge in [-0.05, 0) is 17.7 Å². The number of ether oxygens (including phenoxy) is 3. The van der Waals surface area contributed by atoms with Crippen molar-refractivity contribution in [2.75, 3.05) is 56.0 Å². The number of hydrogen-bond donors (Lipinski definition) is 2. The summed E-state index contributed by atoms with van der Waals surface area (Å²) in [6.45, 7) is 2.95. The average molecular weight is 409 g/mol. The molecule has 0 bridgehead atoms. The van der Waals surface area contributed by atoms with Crippen molar-refractivity contribution in [1.29, 1.82) is 0 Å². The zero-order chi connectivity index (χ0) is 20.7. The number of amides is 1. The van der Waals surface area contributed by atoms with Crippen LogP contribution in [0, 0.1) is 0 Å². The molecule has 0 aliphatic carbocycles. The quantitative estimate of drug-likeness (QED) is 0.789. The van der Waals surface area contributed by atoms with Gasteiger partial charge in [-0.2, -0.15) is 9.97 Å². The van der Waals surface area contributed by atoms with Crippen LogP contribution >= 0.6 is 0 Å². The number of rotatable bonds is 3. The minimum Gasteiger partial charge on any atom is -0.493 e. The zero-order valence-electron chi connectivity index (χ0n) is 16.7. The van der Waals surface area contributed by atoms with E-state index in [9.17, 15) is 4.79 Å². The van der Waals surface area contributed by atoms with E-state index >= 15 is 0 Å². The third-order valence-electron chi connectivity index (χ3n) is 5.65. The molecule has 4 heterocycles. The summed E-state index contributed by atoms with van der Waals surface area (Å²) in [5.74, 6) is 2.41. The Hall–Kier alpha value is -3.33. The van der Waals surface area contributed by atoms with Crippen molar-refractivity contribution in [3.05, 3.63) is 34.9 Å². The van der Waals surface area contributed by atoms with Gasteiger partial charge >= 0.3 is 0 Å². The number of carbonyl (C=O) groups excluding carboxylic acids is 1. The first kappa shape index (κ1) is 18.7. The zero-order valence-corrected chi connectivity index (χ0v) is 16.7. The number of methoxy groups -OCH3 is 1. The maximum absolute atomic E-state index is 12.5. The summed E-state index contributed by atoms with van der Waals surface area (Å²) in [4.78, 5) is 23.7. The molecular formula is C21H23N5O4. The smallest absolute Gasteiger partial charge is 0.229 e. The number of benzene rings is 1. The van der Waals surface area contributed by atoms with Crippen LogP contribution in [0.4, 0.5) is 17.6 Å². The molecule has 1 unspecified atom stereocenters. The molecule has 2 aromatic rings. The third kappa shape index (κ3) is 3.21. The summed E-state index contributed by atoms with van der Waals surface area (Å²) in [6.07, 6.45) is 2.32. The van der Waals surface area contributed by atoms with Crippen molar-refractivity contribution in [3.63, 3.8) is 0 Å². The Kier molecular flexibility index (Phi) is 4.66. The lowest BCUT2D eigenvalue weighted by Crippen LogP contribution is -2.38. The van der Waals surface area contributed by atoms with Crippen molar-refractivity contribution in [3.8, 4) is 11.5 Å². The van der Waals surface area contributed by atoms with E-state index in [0.29, 0.717) is 62.0 Å². The largest absolute Gasteiger partial charge is 0.493 e. The molecule has 3 aliphatic rings. The normalized spacial score (nSPS) is 20.4. The van der Waals surface area contributed by atoms with Crippen molar-refractivity contribution in [2.45, 2.75) is 12.3 Å². The molecule has 0 radical (unpaired) electrons. The van der Waals surface area contributed by atoms with Gasteiger partial charge in [-0.15, -0.1) is 0 Å². The van der Waals surface area contributed by atoms with Gasteiger partial charge in [0.15, 0.2) is 11.5 Å². The lowest BCUT2D eigenvalue weighted by Gasteiger charge is -2.32. The molecule has 0 spiro atoms. The maximum atomic E-state index is 12.5. The minimum atomic E-state index is -0.244. The second-order valence-corrected chi connectivity index (χ2v) is 7.46. The number of nitrogens with one attached hydrogen (secondary N) is 1. The molecule has 3 aliphatic heterocycles. The summed E-state index contributed by atoms with van der Waals surface area (Å²) in [5, 5.41) is 2.87. The standard InChI is InChI=1S/C21H23N5O4/c1-28-15-4-2-3-12-9-13(11-30-18(12)15)14-10-16(27)23-20-17(14)19(22)24-21(25-20)26-5-7-29-8-6-26/h2-4,9,14H,5-8,10-11H2,1H3,(H3,22,23,24,25,27). The van der Waals surface area contributed by atoms with Crippen LogP contribution in [0.3, 0.4) is 0 Å². The second-order valence-electron chi connectivity index (χ2n) is 7.46. The second kappa shape index (κ2) is 7.49. The van der Waals surface area contributed by atoms with Crippen molar-refractivity contribution >= 4 is 29.6 Å². The van der Waals surface area contributed by atoms with Crippen LogP contribution in [0.15, 0.2) is 23.8 Å². The molecule has 9 heteroatoms. The van der Waals surface area contributed by atoms with E-state index in [4.69, 9.17) is 19.9 Å². The van der Waals surface area contributed by atoms with E-state index < -0.39 is 0 Å². The number of hydrogen-bond acceptors (Lipinski definition) is 8. The SMILES string of the molecule is COc1cccc2c1OCC(C1CC(=O)Nc3nc(N4CCOCC4)nc(N)c31)=C2. The number of nitrogen functional groups attached to an aromatic ring is 1. The van der Waals surface area contributed by atoms with Crippen molar-refractivity contribution in [1.82, 2.24) is 9.97 Å². The van der Waals surface area contributed by atoms with Gasteiger partial charge in [-0.3, -0.25) is 4.79 Å². The van der Waals surface area contributed by atoms with E-state index in [-0.39, 0.29) is 18.2 Å². The van der Waals surface area contributed by atoms with Crippen molar-refractivity contribution in [2.24, 2.45) is 0 Å². The first-order valence-corrected chi connectivity index (χ1v) is 9.94. The highest BCUT2D eigenvalue weighted by Crippen LogP contribution is 2.44. The molecule has 1 amide bonds. The molecule has 1 saturated heterocycles. The van der Waals surface area contributed by atoms with Crippen LogP contribution in [0.5, 0.6) is 11.5 Å². The van der Waals surface area contributed by atoms with E-state index in [0.717, 1.165) is 16.7 Å². The molecule has 0 saturated carbocycles. The predicted octanol–water partition coefficient (Wildman–Crippen LogP) is 1.81. The Morgan fingerprint density at radius 1 is 1.27 bits per heavy atom. The fraction of sp³-hybridized carbons (Fsp3) is 0.381. The summed E-state index contributed by atoms with van der Waals surface area (Å²) in [5.41, 5.74) is 9.00. The van der Waals surface area contributed by atoms with Gasteiger partial charge < -0.3 is 30.2 Å². The molecule has 1 fully saturated rings. The van der Waals surface area contributed by atoms with E-state index in [2.05, 4.69) is 15.3 Å². The number of aromatic nitrogens is 2. The molecule has 1 aromatic carbocycles. The average Bonchev–Trinajstić information content (AvgIpc) is 2.78. The third-order valence-corrected chi connectivity index (χ3v) is 5.65. The van der Waals surface area contributed by atoms with Crippen LogP contribution < -0.4 is 25.4 Å². The molecule has 1 atom stereocenters. The Labute approximate surface area is 173 Å². The summed E-state index contributed by atoms with van der Waals surface area (Å²) in [6, 6.07) is 5.73. The van der Waals surface area contributed by atoms with Gasteiger partial charge in [0.25, 0.3) is 0 Å². The summed E-state index contributed by atoms with van der Waals surface area (Å²) >= 11 is 0. The number of fused-ring (bicyclic) bond motifs is 2. The van der Waals surface area contributed by atoms with Gasteiger partial charge in [0.1, 0.15) is 18.2 Å². The molecule has 156 valence electrons. The number of morpholine rings is 1. The van der Waals surface area contributed by atoms with E-state index in [1.165, 1.54) is 0 Å². The lowest BCUT2D eigenvalue weighted by molar-refractivity contribution is -0.116. The molecule has 30 heavy (non-hydrogen) atoms. The van der Waals surface area contributed by atoms with Gasteiger partial charge in [-0.25, -0.2) is 0 Å². The monoisotopic (exact) mass is 409 g/mol. The molecule has 1 aromatic heterocycles. The Morgan fingerprint density at radius 3 is 2.90 bits per heavy atom. The number of nitrogens with two attached hydrogens (primary N) is 1. The fourth-order valence-electron chi connectivity index (χ4n) is 4.16. The Morgan fingerprint density at radius 2 is 2.10 bits per heavy atom. The molecule has 5 rings (SSSR count). The molecular weight excluding hydrogens is 386 g/mol. The predicted molar refractivity (Wildman–Crippen MR) is 112 cm³/mol. The van der Waals surface area contributed by atoms with Gasteiger partial charge in [0.05, 0.1) is 20.3 Å². The first-order chi connectivity index (χ1) is 14.6. The highest BCUT2D eigenvalue weighted by molar-refractivity contribution is 5.96. The van der Waals surface area contributed by atoms with Crippen LogP contribution in [-0.2, 0) is 9.53 Å². The van der Waals surface area contributed by atoms with Crippen LogP contribution in [0.1, 0.15) is 23.5 Å². The van der Waals surface area contributed by atoms with Crippen LogP contribution in [-0.4, -0.2) is 55.9 Å². The lowest BCUT2D eigenvalue weighted by atomic mass is 9.84. The minimum absolute atomic E-state index is 0.101. The maximum Gasteiger partial charge on any atom is 0.229 e. The first-order valence-electron chi connectivity index (χ1n) is 9.94. The fourth-order valence-corrected chi connectivity index (χ4v) is 4.16. The highest BCUT2D eigenvalue weighted by atomic mass is 16.5. The van der Waals surface area contributed by atoms with E-state index in [1.807, 2.05) is 29.2 Å². The highest BCUT2D eigenvalue weighted by Gasteiger charge is 2.34. The topological polar surface area (TPSA) is 112 Å². The number of anilines is 3. The van der Waals surface area contributed by atoms with Crippen LogP contribution in [0.2, 0.25) is 0 Å². The van der Waals surface area contributed by atoms with Gasteiger partial charge in [0, 0.05) is 36.6 Å². The van der Waals surface area contributed by atoms with Gasteiger partial charge in [0.2, 0.25) is 11.9 Å². The number of nitrogens with zero attached hydrogens (tertiary/aromatic N) is 3. The van der Waals surface area contributed by atoms with Crippen LogP contribution in [0.25, 0.3) is 6.08 Å². The van der Waals surface area contributed by atoms with Gasteiger partial charge in [-0.1, -0.05) is 12.1 Å². The molecule has 9 nitrogen and oxygen atoms in total. The number of carbonyl (C=O) groups is 1. The summed E-state index contributed by atoms with van der Waals surface area (Å²) in [7, 11) is 1.62. The number of para-hydroxylation sites is 1. The Balaban J connectivity index is 1.54. The molecule has 3 N–H and O–H groups in total.